The highest BCUT2D eigenvalue weighted by Crippen LogP contribution is 2.43. The van der Waals surface area contributed by atoms with Crippen LogP contribution in [0.3, 0.4) is 0 Å². The van der Waals surface area contributed by atoms with Crippen LogP contribution in [0.1, 0.15) is 18.9 Å². The number of aromatic nitrogens is 2. The minimum Gasteiger partial charge on any atom is -0.377 e. The molecule has 0 saturated carbocycles. The lowest BCUT2D eigenvalue weighted by atomic mass is 9.97. The van der Waals surface area contributed by atoms with Gasteiger partial charge in [-0.3, -0.25) is 4.90 Å². The van der Waals surface area contributed by atoms with Crippen molar-refractivity contribution in [1.29, 1.82) is 0 Å². The first-order chi connectivity index (χ1) is 12.1. The molecule has 0 bridgehead atoms. The lowest BCUT2D eigenvalue weighted by Gasteiger charge is -2.33. The van der Waals surface area contributed by atoms with Crippen molar-refractivity contribution < 1.29 is 4.74 Å². The quantitative estimate of drug-likeness (QED) is 0.608. The number of halogens is 1. The molecular weight excluding hydrogens is 338 g/mol. The molecule has 1 aromatic heterocycles. The SMILES string of the molecule is CN1C2=NCC(C)(CCOCc3ccccc3)N2c2nc(Cl)ncc21. The molecule has 0 amide bonds. The molecule has 0 saturated heterocycles. The lowest BCUT2D eigenvalue weighted by Crippen LogP contribution is -2.49. The first-order valence-electron chi connectivity index (χ1n) is 8.31. The number of hydrogen-bond donors (Lipinski definition) is 0. The van der Waals surface area contributed by atoms with Gasteiger partial charge < -0.3 is 9.64 Å². The Balaban J connectivity index is 1.46. The van der Waals surface area contributed by atoms with Gasteiger partial charge in [-0.05, 0) is 30.5 Å². The van der Waals surface area contributed by atoms with Crippen molar-refractivity contribution >= 4 is 29.1 Å². The van der Waals surface area contributed by atoms with E-state index in [9.17, 15) is 0 Å². The molecule has 2 aliphatic rings. The third-order valence-corrected chi connectivity index (χ3v) is 4.97. The van der Waals surface area contributed by atoms with Crippen LogP contribution in [0.4, 0.5) is 11.5 Å². The van der Waals surface area contributed by atoms with Crippen LogP contribution in [0.5, 0.6) is 0 Å². The van der Waals surface area contributed by atoms with Gasteiger partial charge >= 0.3 is 0 Å². The second kappa shape index (κ2) is 6.28. The molecule has 3 heterocycles. The van der Waals surface area contributed by atoms with Crippen LogP contribution < -0.4 is 9.80 Å². The molecule has 2 aliphatic heterocycles. The van der Waals surface area contributed by atoms with Crippen molar-refractivity contribution in [2.24, 2.45) is 4.99 Å². The predicted molar refractivity (Wildman–Crippen MR) is 99.3 cm³/mol. The van der Waals surface area contributed by atoms with Crippen molar-refractivity contribution in [3.63, 3.8) is 0 Å². The Labute approximate surface area is 152 Å². The first-order valence-corrected chi connectivity index (χ1v) is 8.69. The molecule has 0 fully saturated rings. The molecule has 6 nitrogen and oxygen atoms in total. The average Bonchev–Trinajstić information content (AvgIpc) is 3.10. The molecule has 7 heteroatoms. The summed E-state index contributed by atoms with van der Waals surface area (Å²) < 4.78 is 5.88. The summed E-state index contributed by atoms with van der Waals surface area (Å²) in [6.07, 6.45) is 2.60. The number of hydrogen-bond acceptors (Lipinski definition) is 6. The number of aliphatic imine (C=N–C) groups is 1. The average molecular weight is 358 g/mol. The summed E-state index contributed by atoms with van der Waals surface area (Å²) in [5, 5.41) is 0.253. The van der Waals surface area contributed by atoms with Gasteiger partial charge in [-0.25, -0.2) is 9.98 Å². The maximum Gasteiger partial charge on any atom is 0.224 e. The molecule has 0 radical (unpaired) electrons. The van der Waals surface area contributed by atoms with E-state index in [0.717, 1.165) is 23.9 Å². The largest absolute Gasteiger partial charge is 0.377 e. The fourth-order valence-corrected chi connectivity index (χ4v) is 3.46. The summed E-state index contributed by atoms with van der Waals surface area (Å²) >= 11 is 6.02. The van der Waals surface area contributed by atoms with E-state index in [0.29, 0.717) is 19.8 Å². The van der Waals surface area contributed by atoms with Gasteiger partial charge in [-0.2, -0.15) is 4.98 Å². The van der Waals surface area contributed by atoms with Gasteiger partial charge in [0, 0.05) is 13.7 Å². The maximum absolute atomic E-state index is 6.02. The van der Waals surface area contributed by atoms with E-state index >= 15 is 0 Å². The monoisotopic (exact) mass is 357 g/mol. The Morgan fingerprint density at radius 2 is 2.08 bits per heavy atom. The highest BCUT2D eigenvalue weighted by atomic mass is 35.5. The highest BCUT2D eigenvalue weighted by molar-refractivity contribution is 6.28. The maximum atomic E-state index is 6.02. The minimum absolute atomic E-state index is 0.177. The molecule has 1 aromatic carbocycles. The van der Waals surface area contributed by atoms with E-state index in [-0.39, 0.29) is 10.8 Å². The van der Waals surface area contributed by atoms with E-state index < -0.39 is 0 Å². The van der Waals surface area contributed by atoms with Crippen molar-refractivity contribution in [2.75, 3.05) is 30.0 Å². The van der Waals surface area contributed by atoms with Crippen LogP contribution in [-0.2, 0) is 11.3 Å². The van der Waals surface area contributed by atoms with Crippen LogP contribution in [-0.4, -0.2) is 41.7 Å². The summed E-state index contributed by atoms with van der Waals surface area (Å²) in [5.41, 5.74) is 1.93. The molecule has 1 unspecified atom stereocenters. The Morgan fingerprint density at radius 1 is 1.28 bits per heavy atom. The van der Waals surface area contributed by atoms with E-state index in [1.54, 1.807) is 6.20 Å². The van der Waals surface area contributed by atoms with Crippen LogP contribution >= 0.6 is 11.6 Å². The molecule has 25 heavy (non-hydrogen) atoms. The third-order valence-electron chi connectivity index (χ3n) is 4.79. The van der Waals surface area contributed by atoms with Crippen LogP contribution in [0.2, 0.25) is 5.28 Å². The van der Waals surface area contributed by atoms with Gasteiger partial charge in [0.2, 0.25) is 11.2 Å². The summed E-state index contributed by atoms with van der Waals surface area (Å²) in [5.74, 6) is 1.72. The molecule has 0 N–H and O–H groups in total. The van der Waals surface area contributed by atoms with Gasteiger partial charge in [0.15, 0.2) is 5.82 Å². The molecular formula is C18H20ClN5O. The lowest BCUT2D eigenvalue weighted by molar-refractivity contribution is 0.106. The van der Waals surface area contributed by atoms with Gasteiger partial charge in [-0.1, -0.05) is 30.3 Å². The van der Waals surface area contributed by atoms with E-state index in [4.69, 9.17) is 21.3 Å². The molecule has 0 aliphatic carbocycles. The van der Waals surface area contributed by atoms with Gasteiger partial charge in [-0.15, -0.1) is 0 Å². The number of anilines is 2. The zero-order valence-corrected chi connectivity index (χ0v) is 15.1. The Kier molecular flexibility index (Phi) is 4.09. The summed E-state index contributed by atoms with van der Waals surface area (Å²) in [7, 11) is 1.98. The fourth-order valence-electron chi connectivity index (χ4n) is 3.33. The molecule has 2 aromatic rings. The predicted octanol–water partition coefficient (Wildman–Crippen LogP) is 3.12. The highest BCUT2D eigenvalue weighted by Gasteiger charge is 2.47. The second-order valence-electron chi connectivity index (χ2n) is 6.64. The van der Waals surface area contributed by atoms with Crippen molar-refractivity contribution in [2.45, 2.75) is 25.5 Å². The van der Waals surface area contributed by atoms with Gasteiger partial charge in [0.25, 0.3) is 0 Å². The van der Waals surface area contributed by atoms with Gasteiger partial charge in [0.1, 0.15) is 5.69 Å². The number of benzene rings is 1. The molecule has 0 spiro atoms. The first kappa shape index (κ1) is 16.3. The van der Waals surface area contributed by atoms with E-state index in [2.05, 4.69) is 33.9 Å². The second-order valence-corrected chi connectivity index (χ2v) is 6.98. The van der Waals surface area contributed by atoms with Crippen LogP contribution in [0.25, 0.3) is 0 Å². The van der Waals surface area contributed by atoms with Gasteiger partial charge in [0.05, 0.1) is 24.9 Å². The Morgan fingerprint density at radius 3 is 2.88 bits per heavy atom. The zero-order valence-electron chi connectivity index (χ0n) is 14.3. The van der Waals surface area contributed by atoms with Crippen molar-refractivity contribution in [1.82, 2.24) is 9.97 Å². The van der Waals surface area contributed by atoms with Crippen molar-refractivity contribution in [3.8, 4) is 0 Å². The van der Waals surface area contributed by atoms with Crippen molar-refractivity contribution in [3.05, 3.63) is 47.4 Å². The van der Waals surface area contributed by atoms with E-state index in [1.807, 2.05) is 30.1 Å². The Bertz CT molecular complexity index is 812. The normalized spacial score (nSPS) is 21.3. The Hall–Kier alpha value is -2.18. The van der Waals surface area contributed by atoms with E-state index in [1.165, 1.54) is 5.56 Å². The summed E-state index contributed by atoms with van der Waals surface area (Å²) in [6, 6.07) is 10.2. The smallest absolute Gasteiger partial charge is 0.224 e. The molecule has 1 atom stereocenters. The minimum atomic E-state index is -0.177. The standard InChI is InChI=1S/C18H20ClN5O/c1-18(8-9-25-11-13-6-4-3-5-7-13)12-21-17-23(2)14-10-20-16(19)22-15(14)24(17)18/h3-7,10H,8-9,11-12H2,1-2H3. The number of nitrogens with zero attached hydrogens (tertiary/aromatic N) is 5. The molecule has 4 rings (SSSR count). The molecule has 130 valence electrons. The zero-order chi connectivity index (χ0) is 17.4. The summed E-state index contributed by atoms with van der Waals surface area (Å²) in [4.78, 5) is 17.4. The topological polar surface area (TPSA) is 53.9 Å². The summed E-state index contributed by atoms with van der Waals surface area (Å²) in [6.45, 7) is 4.18. The number of rotatable bonds is 5. The fraction of sp³-hybridized carbons (Fsp3) is 0.389. The number of fused-ring (bicyclic) bond motifs is 3. The third kappa shape index (κ3) is 2.85. The number of ether oxygens (including phenoxy) is 1. The van der Waals surface area contributed by atoms with Crippen LogP contribution in [0, 0.1) is 0 Å². The number of guanidine groups is 1. The van der Waals surface area contributed by atoms with Crippen LogP contribution in [0.15, 0.2) is 41.5 Å².